The van der Waals surface area contributed by atoms with Gasteiger partial charge in [-0.1, -0.05) is 47.5 Å². The Morgan fingerprint density at radius 2 is 1.66 bits per heavy atom. The molecule has 1 aliphatic heterocycles. The molecule has 4 aromatic rings. The average molecular weight is 591 g/mol. The summed E-state index contributed by atoms with van der Waals surface area (Å²) < 4.78 is 5.99. The maximum Gasteiger partial charge on any atom is 0.260 e. The fourth-order valence-corrected chi connectivity index (χ4v) is 4.95. The molecule has 0 radical (unpaired) electrons. The first-order chi connectivity index (χ1) is 19.9. The molecule has 0 aromatic heterocycles. The van der Waals surface area contributed by atoms with Gasteiger partial charge in [-0.3, -0.25) is 14.6 Å². The van der Waals surface area contributed by atoms with E-state index in [0.29, 0.717) is 29.4 Å². The Labute approximate surface area is 247 Å². The van der Waals surface area contributed by atoms with Crippen molar-refractivity contribution in [1.82, 2.24) is 10.2 Å². The van der Waals surface area contributed by atoms with Crippen molar-refractivity contribution in [3.05, 3.63) is 100 Å². The summed E-state index contributed by atoms with van der Waals surface area (Å²) in [5.41, 5.74) is 2.27. The van der Waals surface area contributed by atoms with Crippen LogP contribution in [0.2, 0.25) is 10.0 Å². The first-order valence-electron chi connectivity index (χ1n) is 13.1. The number of hydrogen-bond acceptors (Lipinski definition) is 6. The second-order valence-corrected chi connectivity index (χ2v) is 10.3. The number of nitrogens with zero attached hydrogens (tertiary/aromatic N) is 3. The minimum Gasteiger partial charge on any atom is -0.506 e. The van der Waals surface area contributed by atoms with E-state index in [2.05, 4.69) is 15.2 Å². The quantitative estimate of drug-likeness (QED) is 0.268. The first kappa shape index (κ1) is 28.3. The third-order valence-electron chi connectivity index (χ3n) is 6.86. The van der Waals surface area contributed by atoms with E-state index in [1.165, 1.54) is 18.2 Å². The number of nitrogens with one attached hydrogen (secondary N) is 1. The Kier molecular flexibility index (Phi) is 8.91. The number of piperazine rings is 1. The zero-order valence-corrected chi connectivity index (χ0v) is 23.6. The summed E-state index contributed by atoms with van der Waals surface area (Å²) in [5.74, 6) is 0.122. The number of fused-ring (bicyclic) bond motifs is 1. The van der Waals surface area contributed by atoms with Crippen LogP contribution in [0.15, 0.2) is 83.9 Å². The number of halogens is 2. The van der Waals surface area contributed by atoms with Gasteiger partial charge in [-0.2, -0.15) is 0 Å². The number of phenolic OH excluding ortho intramolecular Hbond substituents is 1. The Bertz CT molecular complexity index is 1590. The van der Waals surface area contributed by atoms with Crippen LogP contribution in [0.25, 0.3) is 10.8 Å². The fraction of sp³-hybridized carbons (Fsp3) is 0.194. The van der Waals surface area contributed by atoms with Crippen LogP contribution in [0, 0.1) is 0 Å². The van der Waals surface area contributed by atoms with E-state index >= 15 is 0 Å². The summed E-state index contributed by atoms with van der Waals surface area (Å²) >= 11 is 11.9. The summed E-state index contributed by atoms with van der Waals surface area (Å²) in [6, 6.07) is 23.4. The number of hydrogen-bond donors (Lipinski definition) is 2. The van der Waals surface area contributed by atoms with Crippen LogP contribution >= 0.6 is 23.2 Å². The number of benzene rings is 4. The molecule has 1 fully saturated rings. The molecule has 1 aliphatic rings. The molecule has 0 spiro atoms. The van der Waals surface area contributed by atoms with Crippen LogP contribution in [0.1, 0.15) is 15.9 Å². The molecule has 0 bridgehead atoms. The largest absolute Gasteiger partial charge is 0.506 e. The first-order valence-corrected chi connectivity index (χ1v) is 13.8. The van der Waals surface area contributed by atoms with Crippen molar-refractivity contribution in [3.8, 4) is 11.5 Å². The number of phenols is 1. The lowest BCUT2D eigenvalue weighted by Gasteiger charge is -2.36. The van der Waals surface area contributed by atoms with Gasteiger partial charge in [-0.25, -0.2) is 0 Å². The number of amides is 2. The van der Waals surface area contributed by atoms with Gasteiger partial charge in [-0.05, 0) is 60.0 Å². The Morgan fingerprint density at radius 1 is 0.927 bits per heavy atom. The topological polar surface area (TPSA) is 94.5 Å². The molecule has 4 aromatic carbocycles. The maximum atomic E-state index is 12.9. The highest BCUT2D eigenvalue weighted by molar-refractivity contribution is 6.32. The second-order valence-electron chi connectivity index (χ2n) is 9.47. The number of ether oxygens (including phenoxy) is 1. The molecule has 0 saturated carbocycles. The van der Waals surface area contributed by atoms with Gasteiger partial charge >= 0.3 is 0 Å². The molecule has 41 heavy (non-hydrogen) atoms. The molecule has 0 unspecified atom stereocenters. The monoisotopic (exact) mass is 590 g/mol. The summed E-state index contributed by atoms with van der Waals surface area (Å²) in [6.07, 6.45) is 1.68. The van der Waals surface area contributed by atoms with Crippen molar-refractivity contribution >= 4 is 57.7 Å². The van der Waals surface area contributed by atoms with Crippen molar-refractivity contribution < 1.29 is 19.4 Å². The van der Waals surface area contributed by atoms with Gasteiger partial charge in [-0.15, -0.1) is 0 Å². The molecule has 2 amide bonds. The lowest BCUT2D eigenvalue weighted by molar-refractivity contribution is -0.133. The van der Waals surface area contributed by atoms with Gasteiger partial charge in [0.2, 0.25) is 0 Å². The average Bonchev–Trinajstić information content (AvgIpc) is 3.00. The SMILES string of the molecule is O=C(NC/N=C/c1ccc(OCC(=O)N2CCN(c3ccc(Cl)cc3)CC2)c2ccccc12)c1ccc(O)c(Cl)c1. The highest BCUT2D eigenvalue weighted by Gasteiger charge is 2.22. The van der Waals surface area contributed by atoms with Gasteiger partial charge in [0.05, 0.1) is 5.02 Å². The van der Waals surface area contributed by atoms with E-state index in [9.17, 15) is 14.7 Å². The predicted octanol–water partition coefficient (Wildman–Crippen LogP) is 5.39. The number of carbonyl (C=O) groups is 2. The third kappa shape index (κ3) is 6.90. The van der Waals surface area contributed by atoms with Crippen LogP contribution in [0.3, 0.4) is 0 Å². The Balaban J connectivity index is 1.16. The van der Waals surface area contributed by atoms with E-state index < -0.39 is 0 Å². The Hall–Kier alpha value is -4.27. The van der Waals surface area contributed by atoms with E-state index in [0.717, 1.165) is 35.1 Å². The summed E-state index contributed by atoms with van der Waals surface area (Å²) in [7, 11) is 0. The second kappa shape index (κ2) is 12.9. The van der Waals surface area contributed by atoms with Crippen molar-refractivity contribution in [2.24, 2.45) is 4.99 Å². The van der Waals surface area contributed by atoms with Crippen LogP contribution in [-0.4, -0.2) is 67.5 Å². The molecule has 210 valence electrons. The lowest BCUT2D eigenvalue weighted by Crippen LogP contribution is -2.50. The molecule has 1 heterocycles. The van der Waals surface area contributed by atoms with Crippen molar-refractivity contribution in [1.29, 1.82) is 0 Å². The molecule has 10 heteroatoms. The molecule has 0 aliphatic carbocycles. The van der Waals surface area contributed by atoms with Gasteiger partial charge in [0.15, 0.2) is 6.61 Å². The maximum absolute atomic E-state index is 12.9. The van der Waals surface area contributed by atoms with Crippen molar-refractivity contribution in [2.75, 3.05) is 44.4 Å². The van der Waals surface area contributed by atoms with Crippen LogP contribution in [0.4, 0.5) is 5.69 Å². The van der Waals surface area contributed by atoms with E-state index in [1.54, 1.807) is 6.21 Å². The molecule has 2 N–H and O–H groups in total. The van der Waals surface area contributed by atoms with Crippen molar-refractivity contribution in [2.45, 2.75) is 0 Å². The van der Waals surface area contributed by atoms with Gasteiger partial charge < -0.3 is 25.0 Å². The zero-order valence-electron chi connectivity index (χ0n) is 22.1. The summed E-state index contributed by atoms with van der Waals surface area (Å²) in [6.45, 7) is 2.74. The molecule has 8 nitrogen and oxygen atoms in total. The Morgan fingerprint density at radius 3 is 2.39 bits per heavy atom. The molecule has 0 atom stereocenters. The third-order valence-corrected chi connectivity index (χ3v) is 7.42. The predicted molar refractivity (Wildman–Crippen MR) is 163 cm³/mol. The standard InChI is InChI=1S/C31H28Cl2N4O4/c32-23-7-9-24(10-8-23)36-13-15-37(16-14-36)30(39)19-41-29-12-6-22(25-3-1-2-4-26(25)29)18-34-20-35-31(40)21-5-11-28(38)27(33)17-21/h1-12,17-18,38H,13-16,19-20H2,(H,35,40)/b34-18+. The van der Waals surface area contributed by atoms with E-state index in [4.69, 9.17) is 27.9 Å². The number of carbonyl (C=O) groups excluding carboxylic acids is 2. The van der Waals surface area contributed by atoms with E-state index in [-0.39, 0.29) is 35.9 Å². The lowest BCUT2D eigenvalue weighted by atomic mass is 10.0. The zero-order chi connectivity index (χ0) is 28.8. The number of rotatable bonds is 8. The van der Waals surface area contributed by atoms with Crippen LogP contribution in [-0.2, 0) is 4.79 Å². The number of anilines is 1. The molecular formula is C31H28Cl2N4O4. The molecule has 1 saturated heterocycles. The van der Waals surface area contributed by atoms with Crippen LogP contribution < -0.4 is 15.0 Å². The normalized spacial score (nSPS) is 13.5. The highest BCUT2D eigenvalue weighted by atomic mass is 35.5. The summed E-state index contributed by atoms with van der Waals surface area (Å²) in [4.78, 5) is 33.7. The highest BCUT2D eigenvalue weighted by Crippen LogP contribution is 2.28. The molecular weight excluding hydrogens is 563 g/mol. The minimum absolute atomic E-state index is 0.0499. The van der Waals surface area contributed by atoms with Gasteiger partial charge in [0.25, 0.3) is 11.8 Å². The smallest absolute Gasteiger partial charge is 0.260 e. The van der Waals surface area contributed by atoms with Crippen molar-refractivity contribution in [3.63, 3.8) is 0 Å². The van der Waals surface area contributed by atoms with Gasteiger partial charge in [0.1, 0.15) is 18.2 Å². The summed E-state index contributed by atoms with van der Waals surface area (Å²) in [5, 5.41) is 14.8. The van der Waals surface area contributed by atoms with E-state index in [1.807, 2.05) is 65.6 Å². The molecule has 5 rings (SSSR count). The van der Waals surface area contributed by atoms with Gasteiger partial charge in [0, 0.05) is 59.6 Å². The van der Waals surface area contributed by atoms with Crippen LogP contribution in [0.5, 0.6) is 11.5 Å². The fourth-order valence-electron chi connectivity index (χ4n) is 4.64. The number of aliphatic imine (C=N–C) groups is 1. The number of aromatic hydroxyl groups is 1. The minimum atomic E-state index is -0.353.